The molecular formula is C21H26OSi2. The van der Waals surface area contributed by atoms with Crippen molar-refractivity contribution in [1.82, 2.24) is 0 Å². The molecule has 24 heavy (non-hydrogen) atoms. The Bertz CT molecular complexity index is 675. The Morgan fingerprint density at radius 1 is 0.875 bits per heavy atom. The first-order valence-corrected chi connectivity index (χ1v) is 14.9. The summed E-state index contributed by atoms with van der Waals surface area (Å²) in [6.07, 6.45) is 0.988. The highest BCUT2D eigenvalue weighted by molar-refractivity contribution is 7.43. The smallest absolute Gasteiger partial charge is 0.185 e. The van der Waals surface area contributed by atoms with Gasteiger partial charge in [0.25, 0.3) is 0 Å². The second-order valence-corrected chi connectivity index (χ2v) is 20.1. The lowest BCUT2D eigenvalue weighted by atomic mass is 9.84. The highest BCUT2D eigenvalue weighted by atomic mass is 29.3. The van der Waals surface area contributed by atoms with Crippen LogP contribution < -0.4 is 0 Å². The maximum Gasteiger partial charge on any atom is 0.185 e. The highest BCUT2D eigenvalue weighted by Crippen LogP contribution is 2.48. The fourth-order valence-electron chi connectivity index (χ4n) is 4.03. The molecule has 1 nitrogen and oxygen atoms in total. The van der Waals surface area contributed by atoms with E-state index in [9.17, 15) is 0 Å². The molecule has 1 fully saturated rings. The standard InChI is InChI=1S/C21H26OSi2/c1-5-24(6-2)18-17-21(22-23(24,3)4,19-13-9-7-10-14-19)20-15-11-8-12-16-20/h5-16H,1-2,17-18H2,3-4H3. The highest BCUT2D eigenvalue weighted by Gasteiger charge is 2.56. The van der Waals surface area contributed by atoms with E-state index in [1.165, 1.54) is 11.1 Å². The van der Waals surface area contributed by atoms with Crippen molar-refractivity contribution in [1.29, 1.82) is 0 Å². The molecule has 0 aromatic heterocycles. The Kier molecular flexibility index (Phi) is 4.51. The first-order valence-electron chi connectivity index (χ1n) is 8.58. The van der Waals surface area contributed by atoms with E-state index in [0.29, 0.717) is 0 Å². The zero-order chi connectivity index (χ0) is 17.3. The minimum atomic E-state index is -1.97. The molecule has 0 unspecified atom stereocenters. The fourth-order valence-corrected chi connectivity index (χ4v) is 14.6. The predicted octanol–water partition coefficient (Wildman–Crippen LogP) is 5.53. The minimum absolute atomic E-state index is 0.346. The summed E-state index contributed by atoms with van der Waals surface area (Å²) in [5.74, 6) is 0. The molecule has 124 valence electrons. The van der Waals surface area contributed by atoms with Gasteiger partial charge in [0.15, 0.2) is 7.83 Å². The van der Waals surface area contributed by atoms with Crippen LogP contribution in [0.4, 0.5) is 0 Å². The summed E-state index contributed by atoms with van der Waals surface area (Å²) in [4.78, 5) is 0. The molecule has 0 amide bonds. The lowest BCUT2D eigenvalue weighted by Gasteiger charge is -2.53. The van der Waals surface area contributed by atoms with E-state index in [-0.39, 0.29) is 5.60 Å². The van der Waals surface area contributed by atoms with Crippen molar-refractivity contribution in [2.24, 2.45) is 0 Å². The van der Waals surface area contributed by atoms with Gasteiger partial charge in [-0.3, -0.25) is 0 Å². The van der Waals surface area contributed by atoms with Gasteiger partial charge in [0.1, 0.15) is 13.2 Å². The maximum absolute atomic E-state index is 7.09. The van der Waals surface area contributed by atoms with Crippen molar-refractivity contribution in [2.45, 2.75) is 31.2 Å². The number of benzene rings is 2. The molecule has 1 heterocycles. The third-order valence-corrected chi connectivity index (χ3v) is 20.3. The SMILES string of the molecule is C=C[Si]1(C=C)CCC(c2ccccc2)(c2ccccc2)O[Si]1(C)C. The van der Waals surface area contributed by atoms with Crippen LogP contribution in [0.5, 0.6) is 0 Å². The molecule has 1 aliphatic heterocycles. The molecule has 0 spiro atoms. The molecule has 1 saturated heterocycles. The molecule has 0 saturated carbocycles. The molecule has 0 bridgehead atoms. The van der Waals surface area contributed by atoms with Crippen LogP contribution in [0.1, 0.15) is 17.5 Å². The summed E-state index contributed by atoms with van der Waals surface area (Å²) < 4.78 is 7.09. The molecule has 0 atom stereocenters. The van der Waals surface area contributed by atoms with Gasteiger partial charge in [-0.15, -0.1) is 13.2 Å². The van der Waals surface area contributed by atoms with Crippen LogP contribution >= 0.6 is 0 Å². The summed E-state index contributed by atoms with van der Waals surface area (Å²) in [5, 5.41) is 0. The van der Waals surface area contributed by atoms with Crippen LogP contribution in [0.3, 0.4) is 0 Å². The first-order chi connectivity index (χ1) is 11.5. The van der Waals surface area contributed by atoms with Crippen LogP contribution in [-0.2, 0) is 10.0 Å². The van der Waals surface area contributed by atoms with Crippen molar-refractivity contribution < 1.29 is 4.43 Å². The van der Waals surface area contributed by atoms with Gasteiger partial charge in [-0.25, -0.2) is 0 Å². The van der Waals surface area contributed by atoms with Crippen LogP contribution in [0.2, 0.25) is 19.1 Å². The van der Waals surface area contributed by atoms with Gasteiger partial charge in [-0.05, 0) is 36.7 Å². The Morgan fingerprint density at radius 3 is 1.71 bits per heavy atom. The normalized spacial score (nSPS) is 20.9. The van der Waals surface area contributed by atoms with Gasteiger partial charge in [-0.2, -0.15) is 0 Å². The monoisotopic (exact) mass is 350 g/mol. The quantitative estimate of drug-likeness (QED) is 0.658. The van der Waals surface area contributed by atoms with E-state index in [1.807, 2.05) is 0 Å². The molecule has 2 aromatic rings. The van der Waals surface area contributed by atoms with Crippen molar-refractivity contribution in [3.63, 3.8) is 0 Å². The summed E-state index contributed by atoms with van der Waals surface area (Å²) in [6, 6.07) is 22.5. The van der Waals surface area contributed by atoms with E-state index in [2.05, 4.69) is 98.3 Å². The second-order valence-electron chi connectivity index (χ2n) is 7.12. The third kappa shape index (κ3) is 2.57. The molecular weight excluding hydrogens is 324 g/mol. The zero-order valence-corrected chi connectivity index (χ0v) is 16.7. The van der Waals surface area contributed by atoms with Crippen LogP contribution in [0.25, 0.3) is 0 Å². The third-order valence-electron chi connectivity index (χ3n) is 5.65. The lowest BCUT2D eigenvalue weighted by Crippen LogP contribution is -2.66. The fraction of sp³-hybridized carbons (Fsp3) is 0.238. The topological polar surface area (TPSA) is 9.23 Å². The van der Waals surface area contributed by atoms with Gasteiger partial charge < -0.3 is 4.43 Å². The molecule has 0 N–H and O–H groups in total. The van der Waals surface area contributed by atoms with Crippen LogP contribution in [0, 0.1) is 0 Å². The van der Waals surface area contributed by atoms with Crippen LogP contribution in [0.15, 0.2) is 85.2 Å². The molecule has 1 aliphatic rings. The van der Waals surface area contributed by atoms with Gasteiger partial charge in [-0.1, -0.05) is 72.1 Å². The first kappa shape index (κ1) is 17.1. The van der Waals surface area contributed by atoms with Crippen molar-refractivity contribution in [3.05, 3.63) is 96.3 Å². The molecule has 2 aromatic carbocycles. The number of rotatable bonds is 4. The number of hydrogen-bond donors (Lipinski definition) is 0. The Labute approximate surface area is 147 Å². The molecule has 0 radical (unpaired) electrons. The molecule has 0 aliphatic carbocycles. The number of hydrogen-bond acceptors (Lipinski definition) is 1. The largest absolute Gasteiger partial charge is 0.406 e. The molecule has 3 heteroatoms. The summed E-state index contributed by atoms with van der Waals surface area (Å²) in [7, 11) is -3.74. The van der Waals surface area contributed by atoms with Crippen LogP contribution in [-0.4, -0.2) is 15.4 Å². The Morgan fingerprint density at radius 2 is 1.33 bits per heavy atom. The summed E-state index contributed by atoms with van der Waals surface area (Å²) >= 11 is 0. The maximum atomic E-state index is 7.09. The minimum Gasteiger partial charge on any atom is -0.406 e. The summed E-state index contributed by atoms with van der Waals surface area (Å²) in [6.45, 7) is 13.0. The van der Waals surface area contributed by atoms with Gasteiger partial charge >= 0.3 is 0 Å². The second kappa shape index (κ2) is 6.32. The Balaban J connectivity index is 2.16. The Hall–Kier alpha value is -1.69. The predicted molar refractivity (Wildman–Crippen MR) is 108 cm³/mol. The van der Waals surface area contributed by atoms with Crippen molar-refractivity contribution in [2.75, 3.05) is 0 Å². The van der Waals surface area contributed by atoms with Gasteiger partial charge in [0.2, 0.25) is 0 Å². The van der Waals surface area contributed by atoms with E-state index in [0.717, 1.165) is 12.5 Å². The lowest BCUT2D eigenvalue weighted by molar-refractivity contribution is 0.0944. The molecule has 3 rings (SSSR count). The van der Waals surface area contributed by atoms with Gasteiger partial charge in [0.05, 0.1) is 0 Å². The van der Waals surface area contributed by atoms with Crippen molar-refractivity contribution >= 4 is 15.4 Å². The average Bonchev–Trinajstić information content (AvgIpc) is 2.63. The summed E-state index contributed by atoms with van der Waals surface area (Å²) in [5.41, 5.74) is 6.57. The average molecular weight is 351 g/mol. The van der Waals surface area contributed by atoms with E-state index < -0.39 is 15.4 Å². The van der Waals surface area contributed by atoms with Gasteiger partial charge in [0, 0.05) is 0 Å². The van der Waals surface area contributed by atoms with E-state index in [1.54, 1.807) is 0 Å². The van der Waals surface area contributed by atoms with E-state index >= 15 is 0 Å². The van der Waals surface area contributed by atoms with E-state index in [4.69, 9.17) is 4.43 Å². The zero-order valence-electron chi connectivity index (χ0n) is 14.7. The van der Waals surface area contributed by atoms with Crippen molar-refractivity contribution in [3.8, 4) is 0 Å².